The highest BCUT2D eigenvalue weighted by Crippen LogP contribution is 2.21. The molecular formula is C9H11BrN4O. The highest BCUT2D eigenvalue weighted by Gasteiger charge is 2.17. The number of hydrogen-bond donors (Lipinski definition) is 2. The van der Waals surface area contributed by atoms with Crippen molar-refractivity contribution >= 4 is 21.6 Å². The summed E-state index contributed by atoms with van der Waals surface area (Å²) in [5.41, 5.74) is 7.00. The minimum Gasteiger partial charge on any atom is -0.385 e. The first-order valence-electron chi connectivity index (χ1n) is 4.51. The van der Waals surface area contributed by atoms with E-state index in [0.717, 1.165) is 10.1 Å². The average molecular weight is 271 g/mol. The molecule has 0 aromatic carbocycles. The summed E-state index contributed by atoms with van der Waals surface area (Å²) in [5, 5.41) is 9.85. The van der Waals surface area contributed by atoms with Gasteiger partial charge in [0.05, 0.1) is 16.4 Å². The van der Waals surface area contributed by atoms with E-state index in [0.29, 0.717) is 5.69 Å². The summed E-state index contributed by atoms with van der Waals surface area (Å²) in [6.45, 7) is 1.75. The first kappa shape index (κ1) is 10.5. The summed E-state index contributed by atoms with van der Waals surface area (Å²) in [6, 6.07) is -0.344. The summed E-state index contributed by atoms with van der Waals surface area (Å²) >= 11 is 3.34. The Balaban J connectivity index is 2.59. The van der Waals surface area contributed by atoms with Gasteiger partial charge in [-0.2, -0.15) is 0 Å². The second-order valence-corrected chi connectivity index (χ2v) is 4.28. The van der Waals surface area contributed by atoms with Crippen LogP contribution >= 0.6 is 15.9 Å². The Hall–Kier alpha value is -0.980. The summed E-state index contributed by atoms with van der Waals surface area (Å²) in [6.07, 6.45) is 4.13. The fraction of sp³-hybridized carbons (Fsp3) is 0.333. The predicted octanol–water partition coefficient (Wildman–Crippen LogP) is 0.872. The molecule has 2 aromatic heterocycles. The van der Waals surface area contributed by atoms with E-state index in [1.165, 1.54) is 0 Å². The van der Waals surface area contributed by atoms with Gasteiger partial charge in [-0.15, -0.1) is 0 Å². The van der Waals surface area contributed by atoms with Crippen LogP contribution in [0.15, 0.2) is 23.2 Å². The van der Waals surface area contributed by atoms with Crippen molar-refractivity contribution in [3.63, 3.8) is 0 Å². The van der Waals surface area contributed by atoms with Crippen molar-refractivity contribution in [2.75, 3.05) is 0 Å². The number of aromatic nitrogens is 3. The second kappa shape index (κ2) is 3.88. The Morgan fingerprint density at radius 3 is 2.93 bits per heavy atom. The Labute approximate surface area is 95.1 Å². The summed E-state index contributed by atoms with van der Waals surface area (Å²) in [4.78, 5) is 8.19. The van der Waals surface area contributed by atoms with Gasteiger partial charge in [0, 0.05) is 12.2 Å². The van der Waals surface area contributed by atoms with Gasteiger partial charge in [0.1, 0.15) is 12.4 Å². The lowest BCUT2D eigenvalue weighted by atomic mass is 10.1. The van der Waals surface area contributed by atoms with Gasteiger partial charge in [-0.1, -0.05) is 0 Å². The molecule has 0 aliphatic carbocycles. The molecule has 2 atom stereocenters. The maximum atomic E-state index is 9.85. The molecule has 0 aliphatic rings. The van der Waals surface area contributed by atoms with E-state index in [2.05, 4.69) is 25.9 Å². The number of imidazole rings is 1. The molecule has 0 aliphatic heterocycles. The van der Waals surface area contributed by atoms with E-state index < -0.39 is 6.10 Å². The fourth-order valence-corrected chi connectivity index (χ4v) is 1.80. The third kappa shape index (κ3) is 1.75. The van der Waals surface area contributed by atoms with E-state index in [1.54, 1.807) is 30.0 Å². The smallest absolute Gasteiger partial charge is 0.154 e. The van der Waals surface area contributed by atoms with Crippen LogP contribution in [-0.4, -0.2) is 25.5 Å². The molecule has 6 heteroatoms. The zero-order chi connectivity index (χ0) is 11.0. The average Bonchev–Trinajstić information content (AvgIpc) is 2.61. The van der Waals surface area contributed by atoms with Crippen molar-refractivity contribution in [2.45, 2.75) is 19.1 Å². The molecule has 2 heterocycles. The normalized spacial score (nSPS) is 15.5. The summed E-state index contributed by atoms with van der Waals surface area (Å²) < 4.78 is 2.51. The monoisotopic (exact) mass is 270 g/mol. The van der Waals surface area contributed by atoms with Crippen LogP contribution in [0, 0.1) is 0 Å². The highest BCUT2D eigenvalue weighted by atomic mass is 79.9. The third-order valence-electron chi connectivity index (χ3n) is 2.21. The zero-order valence-corrected chi connectivity index (χ0v) is 9.72. The summed E-state index contributed by atoms with van der Waals surface area (Å²) in [7, 11) is 0. The van der Waals surface area contributed by atoms with Crippen molar-refractivity contribution in [2.24, 2.45) is 5.73 Å². The van der Waals surface area contributed by atoms with Crippen molar-refractivity contribution in [1.29, 1.82) is 0 Å². The third-order valence-corrected chi connectivity index (χ3v) is 2.77. The van der Waals surface area contributed by atoms with Crippen molar-refractivity contribution in [3.8, 4) is 0 Å². The minimum absolute atomic E-state index is 0.344. The van der Waals surface area contributed by atoms with Crippen LogP contribution in [0.5, 0.6) is 0 Å². The number of rotatable bonds is 2. The van der Waals surface area contributed by atoms with Gasteiger partial charge in [0.25, 0.3) is 0 Å². The first-order chi connectivity index (χ1) is 7.11. The maximum absolute atomic E-state index is 9.85. The van der Waals surface area contributed by atoms with Crippen LogP contribution in [-0.2, 0) is 0 Å². The van der Waals surface area contributed by atoms with Gasteiger partial charge < -0.3 is 10.8 Å². The Morgan fingerprint density at radius 1 is 1.53 bits per heavy atom. The molecule has 15 heavy (non-hydrogen) atoms. The lowest BCUT2D eigenvalue weighted by Gasteiger charge is -2.13. The van der Waals surface area contributed by atoms with Gasteiger partial charge in [0.15, 0.2) is 5.65 Å². The Kier molecular flexibility index (Phi) is 2.72. The van der Waals surface area contributed by atoms with E-state index in [-0.39, 0.29) is 6.04 Å². The topological polar surface area (TPSA) is 76.4 Å². The zero-order valence-electron chi connectivity index (χ0n) is 8.13. The predicted molar refractivity (Wildman–Crippen MR) is 59.3 cm³/mol. The molecule has 0 saturated heterocycles. The molecule has 5 nitrogen and oxygen atoms in total. The number of aliphatic hydroxyl groups is 1. The molecule has 0 saturated carbocycles. The highest BCUT2D eigenvalue weighted by molar-refractivity contribution is 9.10. The molecule has 0 spiro atoms. The Morgan fingerprint density at radius 2 is 2.27 bits per heavy atom. The van der Waals surface area contributed by atoms with E-state index in [1.807, 2.05) is 0 Å². The van der Waals surface area contributed by atoms with Crippen LogP contribution in [0.4, 0.5) is 0 Å². The van der Waals surface area contributed by atoms with Crippen LogP contribution in [0.2, 0.25) is 0 Å². The van der Waals surface area contributed by atoms with Crippen LogP contribution in [0.1, 0.15) is 18.7 Å². The largest absolute Gasteiger partial charge is 0.385 e. The van der Waals surface area contributed by atoms with Gasteiger partial charge in [-0.3, -0.25) is 4.40 Å². The van der Waals surface area contributed by atoms with Crippen LogP contribution < -0.4 is 5.73 Å². The van der Waals surface area contributed by atoms with Gasteiger partial charge in [-0.25, -0.2) is 9.97 Å². The van der Waals surface area contributed by atoms with E-state index in [4.69, 9.17) is 5.73 Å². The fourth-order valence-electron chi connectivity index (χ4n) is 1.38. The molecule has 2 rings (SSSR count). The van der Waals surface area contributed by atoms with Gasteiger partial charge >= 0.3 is 0 Å². The lowest BCUT2D eigenvalue weighted by molar-refractivity contribution is 0.148. The minimum atomic E-state index is -0.740. The van der Waals surface area contributed by atoms with Crippen LogP contribution in [0.25, 0.3) is 5.65 Å². The molecule has 0 radical (unpaired) electrons. The number of nitrogens with two attached hydrogens (primary N) is 1. The van der Waals surface area contributed by atoms with Crippen molar-refractivity contribution < 1.29 is 5.11 Å². The molecule has 0 fully saturated rings. The number of aliphatic hydroxyl groups excluding tert-OH is 1. The molecule has 2 unspecified atom stereocenters. The van der Waals surface area contributed by atoms with Crippen molar-refractivity contribution in [1.82, 2.24) is 14.4 Å². The van der Waals surface area contributed by atoms with E-state index >= 15 is 0 Å². The molecular weight excluding hydrogens is 260 g/mol. The number of hydrogen-bond acceptors (Lipinski definition) is 4. The Bertz CT molecular complexity index is 482. The maximum Gasteiger partial charge on any atom is 0.154 e. The SMILES string of the molecule is CC(N)C(O)c1cnc2c(Br)cncn12. The van der Waals surface area contributed by atoms with Gasteiger partial charge in [0.2, 0.25) is 0 Å². The first-order valence-corrected chi connectivity index (χ1v) is 5.30. The number of halogens is 1. The molecule has 80 valence electrons. The molecule has 0 bridgehead atoms. The number of nitrogens with zero attached hydrogens (tertiary/aromatic N) is 3. The van der Waals surface area contributed by atoms with Crippen molar-refractivity contribution in [3.05, 3.63) is 28.9 Å². The molecule has 0 amide bonds. The lowest BCUT2D eigenvalue weighted by Crippen LogP contribution is -2.25. The molecule has 2 aromatic rings. The summed E-state index contributed by atoms with van der Waals surface area (Å²) in [5.74, 6) is 0. The van der Waals surface area contributed by atoms with Gasteiger partial charge in [-0.05, 0) is 22.9 Å². The second-order valence-electron chi connectivity index (χ2n) is 3.42. The van der Waals surface area contributed by atoms with E-state index in [9.17, 15) is 5.11 Å². The number of fused-ring (bicyclic) bond motifs is 1. The standard InChI is InChI=1S/C9H11BrN4O/c1-5(11)8(15)7-3-13-9-6(10)2-12-4-14(7)9/h2-5,8,15H,11H2,1H3. The molecule has 3 N–H and O–H groups in total. The quantitative estimate of drug-likeness (QED) is 0.849. The van der Waals surface area contributed by atoms with Crippen LogP contribution in [0.3, 0.4) is 0 Å².